The molecule has 0 radical (unpaired) electrons. The molecule has 1 saturated carbocycles. The standard InChI is InChI=1S/C10H16N4/c11-7-9-5-6-10(14-13-9)12-8-3-1-2-4-8/h5-6,8H,1-4,7,11H2,(H,12,14). The minimum atomic E-state index is 0.455. The third-order valence-electron chi connectivity index (χ3n) is 2.64. The summed E-state index contributed by atoms with van der Waals surface area (Å²) in [6.07, 6.45) is 5.15. The molecule has 1 aromatic heterocycles. The second-order valence-electron chi connectivity index (χ2n) is 3.74. The minimum absolute atomic E-state index is 0.455. The fraction of sp³-hybridized carbons (Fsp3) is 0.600. The molecule has 0 aromatic carbocycles. The summed E-state index contributed by atoms with van der Waals surface area (Å²) in [6.45, 7) is 0.455. The first-order valence-electron chi connectivity index (χ1n) is 5.17. The lowest BCUT2D eigenvalue weighted by atomic mass is 10.2. The molecule has 0 atom stereocenters. The van der Waals surface area contributed by atoms with Crippen LogP contribution >= 0.6 is 0 Å². The van der Waals surface area contributed by atoms with Crippen molar-refractivity contribution < 1.29 is 0 Å². The minimum Gasteiger partial charge on any atom is -0.366 e. The van der Waals surface area contributed by atoms with E-state index in [2.05, 4.69) is 15.5 Å². The van der Waals surface area contributed by atoms with Crippen molar-refractivity contribution >= 4 is 5.82 Å². The summed E-state index contributed by atoms with van der Waals surface area (Å²) >= 11 is 0. The molecule has 0 saturated heterocycles. The van der Waals surface area contributed by atoms with Crippen molar-refractivity contribution in [1.82, 2.24) is 10.2 Å². The highest BCUT2D eigenvalue weighted by atomic mass is 15.2. The topological polar surface area (TPSA) is 63.8 Å². The second kappa shape index (κ2) is 4.37. The van der Waals surface area contributed by atoms with Crippen LogP contribution in [-0.4, -0.2) is 16.2 Å². The predicted molar refractivity (Wildman–Crippen MR) is 55.8 cm³/mol. The molecule has 3 N–H and O–H groups in total. The van der Waals surface area contributed by atoms with Crippen LogP contribution in [0.3, 0.4) is 0 Å². The number of anilines is 1. The van der Waals surface area contributed by atoms with Crippen LogP contribution in [0.2, 0.25) is 0 Å². The number of hydrogen-bond donors (Lipinski definition) is 2. The Morgan fingerprint density at radius 2 is 2.07 bits per heavy atom. The van der Waals surface area contributed by atoms with Crippen molar-refractivity contribution in [3.05, 3.63) is 17.8 Å². The molecule has 14 heavy (non-hydrogen) atoms. The molecular formula is C10H16N4. The highest BCUT2D eigenvalue weighted by Crippen LogP contribution is 2.20. The maximum Gasteiger partial charge on any atom is 0.148 e. The fourth-order valence-corrected chi connectivity index (χ4v) is 1.83. The molecular weight excluding hydrogens is 176 g/mol. The van der Waals surface area contributed by atoms with Gasteiger partial charge in [0.25, 0.3) is 0 Å². The lowest BCUT2D eigenvalue weighted by Gasteiger charge is -2.11. The normalized spacial score (nSPS) is 17.2. The number of nitrogens with two attached hydrogens (primary N) is 1. The van der Waals surface area contributed by atoms with E-state index in [-0.39, 0.29) is 0 Å². The van der Waals surface area contributed by atoms with E-state index in [0.717, 1.165) is 11.5 Å². The van der Waals surface area contributed by atoms with Crippen LogP contribution in [0.25, 0.3) is 0 Å². The first-order valence-corrected chi connectivity index (χ1v) is 5.17. The Kier molecular flexibility index (Phi) is 2.93. The van der Waals surface area contributed by atoms with Crippen molar-refractivity contribution in [3.8, 4) is 0 Å². The van der Waals surface area contributed by atoms with Crippen molar-refractivity contribution in [1.29, 1.82) is 0 Å². The molecule has 1 aliphatic carbocycles. The summed E-state index contributed by atoms with van der Waals surface area (Å²) in [5.41, 5.74) is 6.28. The van der Waals surface area contributed by atoms with Crippen molar-refractivity contribution in [2.24, 2.45) is 5.73 Å². The Morgan fingerprint density at radius 3 is 2.64 bits per heavy atom. The van der Waals surface area contributed by atoms with Gasteiger partial charge in [0.2, 0.25) is 0 Å². The second-order valence-corrected chi connectivity index (χ2v) is 3.74. The third kappa shape index (κ3) is 2.20. The van der Waals surface area contributed by atoms with Gasteiger partial charge in [-0.1, -0.05) is 12.8 Å². The summed E-state index contributed by atoms with van der Waals surface area (Å²) in [5.74, 6) is 0.870. The largest absolute Gasteiger partial charge is 0.366 e. The Labute approximate surface area is 83.9 Å². The summed E-state index contributed by atoms with van der Waals surface area (Å²) in [4.78, 5) is 0. The van der Waals surface area contributed by atoms with E-state index < -0.39 is 0 Å². The van der Waals surface area contributed by atoms with Crippen LogP contribution < -0.4 is 11.1 Å². The number of nitrogens with one attached hydrogen (secondary N) is 1. The lowest BCUT2D eigenvalue weighted by Crippen LogP contribution is -2.16. The molecule has 2 rings (SSSR count). The monoisotopic (exact) mass is 192 g/mol. The zero-order valence-corrected chi connectivity index (χ0v) is 8.24. The van der Waals surface area contributed by atoms with Gasteiger partial charge < -0.3 is 11.1 Å². The van der Waals surface area contributed by atoms with Gasteiger partial charge in [-0.15, -0.1) is 5.10 Å². The summed E-state index contributed by atoms with van der Waals surface area (Å²) in [6, 6.07) is 4.46. The molecule has 0 bridgehead atoms. The van der Waals surface area contributed by atoms with E-state index in [0.29, 0.717) is 12.6 Å². The number of rotatable bonds is 3. The Bertz CT molecular complexity index is 277. The molecule has 0 spiro atoms. The molecule has 4 heteroatoms. The summed E-state index contributed by atoms with van der Waals surface area (Å²) < 4.78 is 0. The van der Waals surface area contributed by atoms with Gasteiger partial charge in [0.15, 0.2) is 0 Å². The SMILES string of the molecule is NCc1ccc(NC2CCCC2)nn1. The van der Waals surface area contributed by atoms with Crippen LogP contribution in [0.4, 0.5) is 5.82 Å². The summed E-state index contributed by atoms with van der Waals surface area (Å²) in [7, 11) is 0. The van der Waals surface area contributed by atoms with Crippen LogP contribution in [-0.2, 0) is 6.54 Å². The number of nitrogens with zero attached hydrogens (tertiary/aromatic N) is 2. The maximum absolute atomic E-state index is 5.44. The van der Waals surface area contributed by atoms with Gasteiger partial charge in [0.05, 0.1) is 5.69 Å². The van der Waals surface area contributed by atoms with E-state index >= 15 is 0 Å². The molecule has 0 unspecified atom stereocenters. The first-order chi connectivity index (χ1) is 6.88. The van der Waals surface area contributed by atoms with Crippen molar-refractivity contribution in [2.75, 3.05) is 5.32 Å². The van der Waals surface area contributed by atoms with E-state index in [4.69, 9.17) is 5.73 Å². The van der Waals surface area contributed by atoms with Crippen molar-refractivity contribution in [3.63, 3.8) is 0 Å². The highest BCUT2D eigenvalue weighted by Gasteiger charge is 2.14. The average Bonchev–Trinajstić information content (AvgIpc) is 2.72. The Morgan fingerprint density at radius 1 is 1.29 bits per heavy atom. The van der Waals surface area contributed by atoms with Crippen LogP contribution in [0.1, 0.15) is 31.4 Å². The van der Waals surface area contributed by atoms with Gasteiger partial charge in [-0.2, -0.15) is 5.10 Å². The molecule has 1 fully saturated rings. The van der Waals surface area contributed by atoms with Crippen LogP contribution in [0.15, 0.2) is 12.1 Å². The van der Waals surface area contributed by atoms with E-state index in [1.54, 1.807) is 0 Å². The van der Waals surface area contributed by atoms with Gasteiger partial charge in [-0.3, -0.25) is 0 Å². The quantitative estimate of drug-likeness (QED) is 0.757. The number of hydrogen-bond acceptors (Lipinski definition) is 4. The van der Waals surface area contributed by atoms with Gasteiger partial charge in [-0.25, -0.2) is 0 Å². The van der Waals surface area contributed by atoms with E-state index in [1.165, 1.54) is 25.7 Å². The number of aromatic nitrogens is 2. The van der Waals surface area contributed by atoms with Gasteiger partial charge in [0, 0.05) is 12.6 Å². The average molecular weight is 192 g/mol. The van der Waals surface area contributed by atoms with E-state index in [1.807, 2.05) is 12.1 Å². The zero-order chi connectivity index (χ0) is 9.80. The van der Waals surface area contributed by atoms with Gasteiger partial charge in [0.1, 0.15) is 5.82 Å². The lowest BCUT2D eigenvalue weighted by molar-refractivity contribution is 0.743. The maximum atomic E-state index is 5.44. The highest BCUT2D eigenvalue weighted by molar-refractivity contribution is 5.34. The van der Waals surface area contributed by atoms with Crippen LogP contribution in [0, 0.1) is 0 Å². The predicted octanol–water partition coefficient (Wildman–Crippen LogP) is 1.29. The Balaban J connectivity index is 1.95. The molecule has 1 heterocycles. The zero-order valence-electron chi connectivity index (χ0n) is 8.24. The molecule has 76 valence electrons. The van der Waals surface area contributed by atoms with E-state index in [9.17, 15) is 0 Å². The smallest absolute Gasteiger partial charge is 0.148 e. The molecule has 1 aliphatic rings. The molecule has 4 nitrogen and oxygen atoms in total. The molecule has 0 amide bonds. The van der Waals surface area contributed by atoms with Gasteiger partial charge in [-0.05, 0) is 25.0 Å². The molecule has 1 aromatic rings. The molecule has 0 aliphatic heterocycles. The first kappa shape index (κ1) is 9.40. The Hall–Kier alpha value is -1.16. The van der Waals surface area contributed by atoms with Crippen LogP contribution in [0.5, 0.6) is 0 Å². The van der Waals surface area contributed by atoms with Crippen molar-refractivity contribution in [2.45, 2.75) is 38.3 Å². The fourth-order valence-electron chi connectivity index (χ4n) is 1.83. The van der Waals surface area contributed by atoms with Gasteiger partial charge >= 0.3 is 0 Å². The third-order valence-corrected chi connectivity index (χ3v) is 2.64. The summed E-state index contributed by atoms with van der Waals surface area (Å²) in [5, 5.41) is 11.5.